The molecule has 0 amide bonds. The van der Waals surface area contributed by atoms with Crippen molar-refractivity contribution < 1.29 is 8.42 Å². The molecule has 2 unspecified atom stereocenters. The zero-order chi connectivity index (χ0) is 14.8. The lowest BCUT2D eigenvalue weighted by Crippen LogP contribution is -2.29. The highest BCUT2D eigenvalue weighted by Crippen LogP contribution is 2.36. The summed E-state index contributed by atoms with van der Waals surface area (Å²) in [6, 6.07) is 7.29. The Morgan fingerprint density at radius 3 is 2.30 bits per heavy atom. The standard InChI is InChI=1S/C15H24N2O2S/c1-11(13-4-5-13)10-17-20(18,19)15-8-6-14(7-9-15)12(2)16-3/h6-9,11-13,16-17H,4-5,10H2,1-3H3. The fourth-order valence-corrected chi connectivity index (χ4v) is 3.40. The minimum atomic E-state index is -3.38. The molecule has 2 N–H and O–H groups in total. The molecule has 0 radical (unpaired) electrons. The van der Waals surface area contributed by atoms with Crippen molar-refractivity contribution in [2.45, 2.75) is 37.6 Å². The van der Waals surface area contributed by atoms with E-state index in [0.29, 0.717) is 23.3 Å². The lowest BCUT2D eigenvalue weighted by Gasteiger charge is -2.13. The van der Waals surface area contributed by atoms with Gasteiger partial charge in [-0.3, -0.25) is 0 Å². The predicted octanol–water partition coefficient (Wildman–Crippen LogP) is 2.29. The second-order valence-electron chi connectivity index (χ2n) is 5.75. The molecule has 1 aromatic rings. The second-order valence-corrected chi connectivity index (χ2v) is 7.51. The molecule has 2 rings (SSSR count). The molecule has 20 heavy (non-hydrogen) atoms. The Morgan fingerprint density at radius 2 is 1.80 bits per heavy atom. The SMILES string of the molecule is CNC(C)c1ccc(S(=O)(=O)NCC(C)C2CC2)cc1. The second kappa shape index (κ2) is 6.24. The average molecular weight is 296 g/mol. The zero-order valence-electron chi connectivity index (χ0n) is 12.4. The quantitative estimate of drug-likeness (QED) is 0.811. The topological polar surface area (TPSA) is 58.2 Å². The van der Waals surface area contributed by atoms with Gasteiger partial charge in [0.1, 0.15) is 0 Å². The zero-order valence-corrected chi connectivity index (χ0v) is 13.2. The lowest BCUT2D eigenvalue weighted by molar-refractivity contribution is 0.492. The van der Waals surface area contributed by atoms with Gasteiger partial charge in [-0.1, -0.05) is 19.1 Å². The van der Waals surface area contributed by atoms with Crippen LogP contribution >= 0.6 is 0 Å². The highest BCUT2D eigenvalue weighted by atomic mass is 32.2. The normalized spacial score (nSPS) is 18.8. The molecule has 2 atom stereocenters. The number of hydrogen-bond acceptors (Lipinski definition) is 3. The summed E-state index contributed by atoms with van der Waals surface area (Å²) < 4.78 is 27.1. The van der Waals surface area contributed by atoms with Gasteiger partial charge in [-0.15, -0.1) is 0 Å². The molecule has 0 aliphatic heterocycles. The Morgan fingerprint density at radius 1 is 1.20 bits per heavy atom. The van der Waals surface area contributed by atoms with E-state index in [4.69, 9.17) is 0 Å². The maximum atomic E-state index is 12.2. The van der Waals surface area contributed by atoms with Crippen LogP contribution in [0.3, 0.4) is 0 Å². The van der Waals surface area contributed by atoms with Gasteiger partial charge in [-0.2, -0.15) is 0 Å². The number of sulfonamides is 1. The molecule has 112 valence electrons. The van der Waals surface area contributed by atoms with Gasteiger partial charge in [0.05, 0.1) is 4.90 Å². The van der Waals surface area contributed by atoms with Crippen LogP contribution in [0.25, 0.3) is 0 Å². The number of benzene rings is 1. The summed E-state index contributed by atoms with van der Waals surface area (Å²) in [7, 11) is -1.50. The highest BCUT2D eigenvalue weighted by Gasteiger charge is 2.28. The number of rotatable bonds is 7. The van der Waals surface area contributed by atoms with Crippen LogP contribution < -0.4 is 10.0 Å². The Balaban J connectivity index is 2.01. The van der Waals surface area contributed by atoms with Gasteiger partial charge in [0.15, 0.2) is 0 Å². The smallest absolute Gasteiger partial charge is 0.240 e. The third-order valence-electron chi connectivity index (χ3n) is 4.15. The van der Waals surface area contributed by atoms with Crippen LogP contribution in [0, 0.1) is 11.8 Å². The van der Waals surface area contributed by atoms with Crippen LogP contribution in [0.2, 0.25) is 0 Å². The van der Waals surface area contributed by atoms with E-state index in [0.717, 1.165) is 5.56 Å². The largest absolute Gasteiger partial charge is 0.313 e. The van der Waals surface area contributed by atoms with Crippen LogP contribution in [-0.2, 0) is 10.0 Å². The Hall–Kier alpha value is -0.910. The number of nitrogens with one attached hydrogen (secondary N) is 2. The first kappa shape index (κ1) is 15.5. The van der Waals surface area contributed by atoms with Gasteiger partial charge in [-0.05, 0) is 56.3 Å². The Bertz CT molecular complexity index is 535. The van der Waals surface area contributed by atoms with Crippen LogP contribution in [0.15, 0.2) is 29.2 Å². The summed E-state index contributed by atoms with van der Waals surface area (Å²) in [6.07, 6.45) is 2.47. The van der Waals surface area contributed by atoms with E-state index >= 15 is 0 Å². The first-order valence-electron chi connectivity index (χ1n) is 7.21. The first-order chi connectivity index (χ1) is 9.44. The summed E-state index contributed by atoms with van der Waals surface area (Å²) in [4.78, 5) is 0.340. The fraction of sp³-hybridized carbons (Fsp3) is 0.600. The molecule has 5 heteroatoms. The third kappa shape index (κ3) is 3.81. The number of hydrogen-bond donors (Lipinski definition) is 2. The molecule has 4 nitrogen and oxygen atoms in total. The van der Waals surface area contributed by atoms with Crippen molar-refractivity contribution in [3.63, 3.8) is 0 Å². The van der Waals surface area contributed by atoms with Crippen molar-refractivity contribution in [1.82, 2.24) is 10.0 Å². The van der Waals surface area contributed by atoms with Gasteiger partial charge >= 0.3 is 0 Å². The third-order valence-corrected chi connectivity index (χ3v) is 5.58. The maximum absolute atomic E-state index is 12.2. The molecule has 1 saturated carbocycles. The minimum Gasteiger partial charge on any atom is -0.313 e. The molecule has 1 fully saturated rings. The van der Waals surface area contributed by atoms with Crippen molar-refractivity contribution in [2.75, 3.05) is 13.6 Å². The molecule has 0 aromatic heterocycles. The molecule has 0 bridgehead atoms. The lowest BCUT2D eigenvalue weighted by atomic mass is 10.1. The highest BCUT2D eigenvalue weighted by molar-refractivity contribution is 7.89. The van der Waals surface area contributed by atoms with E-state index < -0.39 is 10.0 Å². The van der Waals surface area contributed by atoms with E-state index in [1.54, 1.807) is 12.1 Å². The summed E-state index contributed by atoms with van der Waals surface area (Å²) in [5.74, 6) is 1.13. The van der Waals surface area contributed by atoms with Crippen molar-refractivity contribution in [3.05, 3.63) is 29.8 Å². The molecule has 0 spiro atoms. The van der Waals surface area contributed by atoms with Crippen molar-refractivity contribution in [1.29, 1.82) is 0 Å². The molecular formula is C15H24N2O2S. The molecule has 1 aromatic carbocycles. The van der Waals surface area contributed by atoms with E-state index in [2.05, 4.69) is 17.0 Å². The molecule has 0 saturated heterocycles. The molecule has 1 aliphatic rings. The molecule has 0 heterocycles. The van der Waals surface area contributed by atoms with Crippen molar-refractivity contribution >= 4 is 10.0 Å². The van der Waals surface area contributed by atoms with E-state index in [1.807, 2.05) is 26.1 Å². The van der Waals surface area contributed by atoms with Crippen LogP contribution in [0.5, 0.6) is 0 Å². The van der Waals surface area contributed by atoms with Crippen LogP contribution in [0.1, 0.15) is 38.3 Å². The summed E-state index contributed by atoms with van der Waals surface area (Å²) >= 11 is 0. The molecule has 1 aliphatic carbocycles. The maximum Gasteiger partial charge on any atom is 0.240 e. The van der Waals surface area contributed by atoms with E-state index in [1.165, 1.54) is 12.8 Å². The average Bonchev–Trinajstić information content (AvgIpc) is 3.28. The van der Waals surface area contributed by atoms with Gasteiger partial charge in [-0.25, -0.2) is 13.1 Å². The van der Waals surface area contributed by atoms with Crippen LogP contribution in [-0.4, -0.2) is 22.0 Å². The molecular weight excluding hydrogens is 272 g/mol. The van der Waals surface area contributed by atoms with Gasteiger partial charge in [0.2, 0.25) is 10.0 Å². The Kier molecular flexibility index (Phi) is 4.83. The minimum absolute atomic E-state index is 0.217. The summed E-state index contributed by atoms with van der Waals surface area (Å²) in [6.45, 7) is 4.68. The Labute approximate surface area is 122 Å². The van der Waals surface area contributed by atoms with E-state index in [9.17, 15) is 8.42 Å². The van der Waals surface area contributed by atoms with E-state index in [-0.39, 0.29) is 6.04 Å². The summed E-state index contributed by atoms with van der Waals surface area (Å²) in [5, 5.41) is 3.13. The monoisotopic (exact) mass is 296 g/mol. The fourth-order valence-electron chi connectivity index (χ4n) is 2.26. The van der Waals surface area contributed by atoms with Crippen molar-refractivity contribution in [3.8, 4) is 0 Å². The predicted molar refractivity (Wildman–Crippen MR) is 81.0 cm³/mol. The van der Waals surface area contributed by atoms with Crippen LogP contribution in [0.4, 0.5) is 0 Å². The summed E-state index contributed by atoms with van der Waals surface area (Å²) in [5.41, 5.74) is 1.08. The van der Waals surface area contributed by atoms with Gasteiger partial charge in [0, 0.05) is 12.6 Å². The van der Waals surface area contributed by atoms with Crippen molar-refractivity contribution in [2.24, 2.45) is 11.8 Å². The van der Waals surface area contributed by atoms with Gasteiger partial charge in [0.25, 0.3) is 0 Å². The first-order valence-corrected chi connectivity index (χ1v) is 8.69. The van der Waals surface area contributed by atoms with Gasteiger partial charge < -0.3 is 5.32 Å².